The van der Waals surface area contributed by atoms with E-state index in [1.54, 1.807) is 6.07 Å². The Kier molecular flexibility index (Phi) is 2.17. The van der Waals surface area contributed by atoms with Gasteiger partial charge in [0, 0.05) is 0 Å². The lowest BCUT2D eigenvalue weighted by molar-refractivity contribution is 0.117. The van der Waals surface area contributed by atoms with Gasteiger partial charge >= 0.3 is 6.43 Å². The van der Waals surface area contributed by atoms with Crippen molar-refractivity contribution in [2.75, 3.05) is 0 Å². The summed E-state index contributed by atoms with van der Waals surface area (Å²) in [4.78, 5) is 3.59. The summed E-state index contributed by atoms with van der Waals surface area (Å²) in [5.74, 6) is -0.588. The molecule has 0 aliphatic carbocycles. The molecule has 0 aliphatic heterocycles. The first-order valence-corrected chi connectivity index (χ1v) is 3.99. The Morgan fingerprint density at radius 3 is 2.86 bits per heavy atom. The number of aliphatic hydroxyl groups excluding tert-OH is 1. The summed E-state index contributed by atoms with van der Waals surface area (Å²) in [6.45, 7) is -0.146. The zero-order valence-electron chi connectivity index (χ0n) is 7.08. The van der Waals surface area contributed by atoms with Crippen molar-refractivity contribution in [2.45, 2.75) is 13.0 Å². The molecule has 1 aromatic carbocycles. The fourth-order valence-electron chi connectivity index (χ4n) is 1.18. The van der Waals surface area contributed by atoms with E-state index >= 15 is 0 Å². The Morgan fingerprint density at radius 2 is 2.21 bits per heavy atom. The van der Waals surface area contributed by atoms with Gasteiger partial charge in [0.1, 0.15) is 5.52 Å². The lowest BCUT2D eigenvalue weighted by Gasteiger charge is -1.92. The van der Waals surface area contributed by atoms with Gasteiger partial charge in [-0.2, -0.15) is 8.78 Å². The van der Waals surface area contributed by atoms with Crippen LogP contribution in [-0.2, 0) is 6.61 Å². The molecule has 2 aromatic rings. The highest BCUT2D eigenvalue weighted by molar-refractivity contribution is 5.73. The third-order valence-corrected chi connectivity index (χ3v) is 1.84. The molecule has 1 aromatic heterocycles. The number of aliphatic hydroxyl groups is 1. The molecule has 0 spiro atoms. The van der Waals surface area contributed by atoms with Crippen LogP contribution in [0.1, 0.15) is 17.9 Å². The van der Waals surface area contributed by atoms with Crippen molar-refractivity contribution in [3.63, 3.8) is 0 Å². The molecule has 0 atom stereocenters. The molecular weight excluding hydrogens is 192 g/mol. The van der Waals surface area contributed by atoms with Gasteiger partial charge in [0.2, 0.25) is 0 Å². The van der Waals surface area contributed by atoms with E-state index in [1.807, 2.05) is 0 Å². The normalized spacial score (nSPS) is 11.4. The second-order valence-corrected chi connectivity index (χ2v) is 2.81. The van der Waals surface area contributed by atoms with Crippen LogP contribution in [0.4, 0.5) is 8.78 Å². The number of benzene rings is 1. The van der Waals surface area contributed by atoms with Gasteiger partial charge in [-0.3, -0.25) is 0 Å². The third-order valence-electron chi connectivity index (χ3n) is 1.84. The second-order valence-electron chi connectivity index (χ2n) is 2.81. The Hall–Kier alpha value is -1.49. The van der Waals surface area contributed by atoms with Crippen LogP contribution in [-0.4, -0.2) is 10.1 Å². The molecular formula is C9H7F2NO2. The monoisotopic (exact) mass is 199 g/mol. The summed E-state index contributed by atoms with van der Waals surface area (Å²) in [6.07, 6.45) is -2.71. The molecule has 0 bridgehead atoms. The van der Waals surface area contributed by atoms with E-state index in [2.05, 4.69) is 4.98 Å². The largest absolute Gasteiger partial charge is 0.435 e. The Morgan fingerprint density at radius 1 is 1.43 bits per heavy atom. The van der Waals surface area contributed by atoms with Crippen LogP contribution in [0.3, 0.4) is 0 Å². The van der Waals surface area contributed by atoms with Crippen LogP contribution >= 0.6 is 0 Å². The van der Waals surface area contributed by atoms with E-state index in [4.69, 9.17) is 9.52 Å². The summed E-state index contributed by atoms with van der Waals surface area (Å²) in [6, 6.07) is 4.63. The summed E-state index contributed by atoms with van der Waals surface area (Å²) < 4.78 is 29.2. The van der Waals surface area contributed by atoms with Gasteiger partial charge < -0.3 is 9.52 Å². The van der Waals surface area contributed by atoms with Crippen LogP contribution in [0.2, 0.25) is 0 Å². The van der Waals surface area contributed by atoms with Gasteiger partial charge in [-0.1, -0.05) is 6.07 Å². The minimum absolute atomic E-state index is 0.146. The topological polar surface area (TPSA) is 46.3 Å². The Bertz CT molecular complexity index is 453. The van der Waals surface area contributed by atoms with E-state index in [0.717, 1.165) is 0 Å². The third kappa shape index (κ3) is 1.46. The number of hydrogen-bond acceptors (Lipinski definition) is 3. The fraction of sp³-hybridized carbons (Fsp3) is 0.222. The average Bonchev–Trinajstić information content (AvgIpc) is 2.59. The molecule has 14 heavy (non-hydrogen) atoms. The van der Waals surface area contributed by atoms with E-state index < -0.39 is 12.3 Å². The quantitative estimate of drug-likeness (QED) is 0.806. The molecule has 2 rings (SSSR count). The van der Waals surface area contributed by atoms with Gasteiger partial charge in [0.25, 0.3) is 5.89 Å². The van der Waals surface area contributed by atoms with Gasteiger partial charge in [0.15, 0.2) is 5.58 Å². The molecule has 0 radical (unpaired) electrons. The van der Waals surface area contributed by atoms with E-state index in [1.165, 1.54) is 12.1 Å². The van der Waals surface area contributed by atoms with Crippen molar-refractivity contribution in [3.05, 3.63) is 29.7 Å². The molecule has 0 unspecified atom stereocenters. The van der Waals surface area contributed by atoms with Gasteiger partial charge in [-0.15, -0.1) is 0 Å². The number of alkyl halides is 2. The summed E-state index contributed by atoms with van der Waals surface area (Å²) in [5.41, 5.74) is 1.26. The summed E-state index contributed by atoms with van der Waals surface area (Å²) in [7, 11) is 0. The molecule has 0 saturated heterocycles. The van der Waals surface area contributed by atoms with Crippen molar-refractivity contribution in [1.29, 1.82) is 0 Å². The number of oxazole rings is 1. The van der Waals surface area contributed by atoms with Crippen molar-refractivity contribution in [2.24, 2.45) is 0 Å². The molecule has 3 nitrogen and oxygen atoms in total. The van der Waals surface area contributed by atoms with Gasteiger partial charge in [0.05, 0.1) is 6.61 Å². The number of rotatable bonds is 2. The highest BCUT2D eigenvalue weighted by Crippen LogP contribution is 2.23. The van der Waals surface area contributed by atoms with E-state index in [9.17, 15) is 8.78 Å². The van der Waals surface area contributed by atoms with Crippen LogP contribution in [0.25, 0.3) is 11.1 Å². The number of halogens is 2. The lowest BCUT2D eigenvalue weighted by atomic mass is 10.2. The lowest BCUT2D eigenvalue weighted by Crippen LogP contribution is -1.82. The zero-order chi connectivity index (χ0) is 10.1. The minimum atomic E-state index is -2.71. The standard InChI is InChI=1S/C9H7F2NO2/c10-8(11)9-12-6-3-5(4-13)1-2-7(6)14-9/h1-3,8,13H,4H2. The van der Waals surface area contributed by atoms with Gasteiger partial charge in [-0.05, 0) is 17.7 Å². The average molecular weight is 199 g/mol. The van der Waals surface area contributed by atoms with Gasteiger partial charge in [-0.25, -0.2) is 4.98 Å². The van der Waals surface area contributed by atoms with Crippen molar-refractivity contribution < 1.29 is 18.3 Å². The maximum absolute atomic E-state index is 12.2. The highest BCUT2D eigenvalue weighted by Gasteiger charge is 2.15. The molecule has 0 amide bonds. The highest BCUT2D eigenvalue weighted by atomic mass is 19.3. The van der Waals surface area contributed by atoms with Crippen LogP contribution in [0.15, 0.2) is 22.6 Å². The van der Waals surface area contributed by atoms with E-state index in [-0.39, 0.29) is 6.61 Å². The first kappa shape index (κ1) is 9.08. The smallest absolute Gasteiger partial charge is 0.313 e. The predicted octanol–water partition coefficient (Wildman–Crippen LogP) is 2.26. The Labute approximate surface area is 78.0 Å². The maximum atomic E-state index is 12.2. The number of hydrogen-bond donors (Lipinski definition) is 1. The van der Waals surface area contributed by atoms with Crippen LogP contribution < -0.4 is 0 Å². The molecule has 1 N–H and O–H groups in total. The molecule has 74 valence electrons. The van der Waals surface area contributed by atoms with Crippen LogP contribution in [0.5, 0.6) is 0 Å². The molecule has 0 fully saturated rings. The first-order valence-electron chi connectivity index (χ1n) is 3.99. The zero-order valence-corrected chi connectivity index (χ0v) is 7.08. The molecule has 0 saturated carbocycles. The first-order chi connectivity index (χ1) is 6.70. The van der Waals surface area contributed by atoms with Crippen LogP contribution in [0, 0.1) is 0 Å². The molecule has 0 aliphatic rings. The fourth-order valence-corrected chi connectivity index (χ4v) is 1.18. The second kappa shape index (κ2) is 3.34. The SMILES string of the molecule is OCc1ccc2oc(C(F)F)nc2c1. The number of aromatic nitrogens is 1. The molecule has 5 heteroatoms. The van der Waals surface area contributed by atoms with Crippen molar-refractivity contribution >= 4 is 11.1 Å². The van der Waals surface area contributed by atoms with Crippen molar-refractivity contribution in [3.8, 4) is 0 Å². The maximum Gasteiger partial charge on any atom is 0.313 e. The van der Waals surface area contributed by atoms with Crippen molar-refractivity contribution in [1.82, 2.24) is 4.98 Å². The molecule has 1 heterocycles. The number of fused-ring (bicyclic) bond motifs is 1. The summed E-state index contributed by atoms with van der Waals surface area (Å²) >= 11 is 0. The van der Waals surface area contributed by atoms with E-state index in [0.29, 0.717) is 16.7 Å². The predicted molar refractivity (Wildman–Crippen MR) is 44.9 cm³/mol. The number of nitrogens with zero attached hydrogens (tertiary/aromatic N) is 1. The Balaban J connectivity index is 2.54. The minimum Gasteiger partial charge on any atom is -0.435 e. The summed E-state index contributed by atoms with van der Waals surface area (Å²) in [5, 5.41) is 8.81.